The van der Waals surface area contributed by atoms with Crippen LogP contribution in [0.25, 0.3) is 0 Å². The van der Waals surface area contributed by atoms with E-state index in [9.17, 15) is 0 Å². The van der Waals surface area contributed by atoms with Gasteiger partial charge in [0.25, 0.3) is 0 Å². The molecule has 2 N–H and O–H groups in total. The Labute approximate surface area is 112 Å². The van der Waals surface area contributed by atoms with Crippen LogP contribution in [0, 0.1) is 0 Å². The summed E-state index contributed by atoms with van der Waals surface area (Å²) in [4.78, 5) is 2.51. The molecule has 0 saturated carbocycles. The largest absolute Gasteiger partial charge is 0.379 e. The Kier molecular flexibility index (Phi) is 6.05. The van der Waals surface area contributed by atoms with Crippen molar-refractivity contribution >= 4 is 0 Å². The van der Waals surface area contributed by atoms with Crippen LogP contribution < -0.4 is 10.6 Å². The Morgan fingerprint density at radius 3 is 2.17 bits per heavy atom. The third-order valence-electron chi connectivity index (χ3n) is 3.38. The van der Waals surface area contributed by atoms with Crippen LogP contribution in [0.5, 0.6) is 0 Å². The van der Waals surface area contributed by atoms with E-state index in [1.807, 2.05) is 0 Å². The molecule has 4 nitrogen and oxygen atoms in total. The van der Waals surface area contributed by atoms with E-state index in [4.69, 9.17) is 4.74 Å². The van der Waals surface area contributed by atoms with Gasteiger partial charge in [0.15, 0.2) is 0 Å². The lowest BCUT2D eigenvalue weighted by Crippen LogP contribution is -2.55. The van der Waals surface area contributed by atoms with Crippen LogP contribution >= 0.6 is 0 Å². The zero-order chi connectivity index (χ0) is 13.6. The second-order valence-electron chi connectivity index (χ2n) is 6.77. The van der Waals surface area contributed by atoms with E-state index in [2.05, 4.69) is 50.2 Å². The Balaban J connectivity index is 2.16. The number of morpholine rings is 1. The smallest absolute Gasteiger partial charge is 0.0594 e. The van der Waals surface area contributed by atoms with Crippen LogP contribution in [0.4, 0.5) is 0 Å². The molecule has 0 aliphatic carbocycles. The van der Waals surface area contributed by atoms with E-state index < -0.39 is 0 Å². The first kappa shape index (κ1) is 15.9. The first-order valence-electron chi connectivity index (χ1n) is 7.10. The standard InChI is InChI=1S/C14H31N3O/c1-13(2,3)16-7-6-15-12-14(4,5)17-8-10-18-11-9-17/h15-16H,6-12H2,1-5H3. The molecule has 1 aliphatic heterocycles. The summed E-state index contributed by atoms with van der Waals surface area (Å²) in [6.45, 7) is 18.1. The van der Waals surface area contributed by atoms with Gasteiger partial charge in [-0.05, 0) is 34.6 Å². The second-order valence-corrected chi connectivity index (χ2v) is 6.77. The molecule has 0 radical (unpaired) electrons. The monoisotopic (exact) mass is 257 g/mol. The highest BCUT2D eigenvalue weighted by atomic mass is 16.5. The molecule has 0 bridgehead atoms. The van der Waals surface area contributed by atoms with Crippen molar-refractivity contribution in [2.24, 2.45) is 0 Å². The van der Waals surface area contributed by atoms with Crippen molar-refractivity contribution in [3.05, 3.63) is 0 Å². The average molecular weight is 257 g/mol. The molecule has 0 aromatic rings. The van der Waals surface area contributed by atoms with Crippen molar-refractivity contribution in [2.75, 3.05) is 45.9 Å². The molecule has 1 fully saturated rings. The summed E-state index contributed by atoms with van der Waals surface area (Å²) in [6, 6.07) is 0. The van der Waals surface area contributed by atoms with E-state index >= 15 is 0 Å². The lowest BCUT2D eigenvalue weighted by atomic mass is 10.0. The maximum atomic E-state index is 5.40. The maximum absolute atomic E-state index is 5.40. The van der Waals surface area contributed by atoms with E-state index in [-0.39, 0.29) is 11.1 Å². The lowest BCUT2D eigenvalue weighted by molar-refractivity contribution is -0.00950. The van der Waals surface area contributed by atoms with Crippen molar-refractivity contribution in [3.8, 4) is 0 Å². The lowest BCUT2D eigenvalue weighted by Gasteiger charge is -2.41. The third-order valence-corrected chi connectivity index (χ3v) is 3.38. The van der Waals surface area contributed by atoms with Gasteiger partial charge in [-0.2, -0.15) is 0 Å². The van der Waals surface area contributed by atoms with Gasteiger partial charge in [0.2, 0.25) is 0 Å². The van der Waals surface area contributed by atoms with Crippen molar-refractivity contribution in [1.29, 1.82) is 0 Å². The zero-order valence-corrected chi connectivity index (χ0v) is 12.8. The minimum atomic E-state index is 0.210. The predicted molar refractivity (Wildman–Crippen MR) is 77.1 cm³/mol. The van der Waals surface area contributed by atoms with Gasteiger partial charge < -0.3 is 15.4 Å². The second kappa shape index (κ2) is 6.85. The molecule has 18 heavy (non-hydrogen) atoms. The van der Waals surface area contributed by atoms with Crippen LogP contribution in [-0.4, -0.2) is 61.9 Å². The van der Waals surface area contributed by atoms with Crippen molar-refractivity contribution in [3.63, 3.8) is 0 Å². The molecule has 0 aromatic heterocycles. The number of nitrogens with one attached hydrogen (secondary N) is 2. The van der Waals surface area contributed by atoms with Gasteiger partial charge in [-0.25, -0.2) is 0 Å². The van der Waals surface area contributed by atoms with Crippen LogP contribution in [0.1, 0.15) is 34.6 Å². The molecule has 0 amide bonds. The van der Waals surface area contributed by atoms with Gasteiger partial charge in [-0.3, -0.25) is 4.90 Å². The van der Waals surface area contributed by atoms with Gasteiger partial charge in [0, 0.05) is 43.8 Å². The summed E-state index contributed by atoms with van der Waals surface area (Å²) < 4.78 is 5.40. The van der Waals surface area contributed by atoms with Gasteiger partial charge in [-0.1, -0.05) is 0 Å². The van der Waals surface area contributed by atoms with Crippen molar-refractivity contribution < 1.29 is 4.74 Å². The zero-order valence-electron chi connectivity index (χ0n) is 12.8. The fraction of sp³-hybridized carbons (Fsp3) is 1.00. The molecular weight excluding hydrogens is 226 g/mol. The Hall–Kier alpha value is -0.160. The molecule has 1 rings (SSSR count). The number of rotatable bonds is 6. The van der Waals surface area contributed by atoms with Crippen molar-refractivity contribution in [1.82, 2.24) is 15.5 Å². The highest BCUT2D eigenvalue weighted by Crippen LogP contribution is 2.14. The van der Waals surface area contributed by atoms with Gasteiger partial charge >= 0.3 is 0 Å². The maximum Gasteiger partial charge on any atom is 0.0594 e. The Morgan fingerprint density at radius 2 is 1.61 bits per heavy atom. The normalized spacial score (nSPS) is 19.2. The minimum absolute atomic E-state index is 0.210. The molecule has 1 heterocycles. The molecular formula is C14H31N3O. The third kappa shape index (κ3) is 6.14. The molecule has 0 spiro atoms. The fourth-order valence-electron chi connectivity index (χ4n) is 2.20. The summed E-state index contributed by atoms with van der Waals surface area (Å²) in [5.74, 6) is 0. The SMILES string of the molecule is CC(C)(C)NCCNCC(C)(C)N1CCOCC1. The van der Waals surface area contributed by atoms with Crippen LogP contribution in [0.2, 0.25) is 0 Å². The number of hydrogen-bond acceptors (Lipinski definition) is 4. The topological polar surface area (TPSA) is 36.5 Å². The number of ether oxygens (including phenoxy) is 1. The number of nitrogens with zero attached hydrogens (tertiary/aromatic N) is 1. The Bertz CT molecular complexity index is 230. The van der Waals surface area contributed by atoms with E-state index in [1.54, 1.807) is 0 Å². The fourth-order valence-corrected chi connectivity index (χ4v) is 2.20. The molecule has 1 saturated heterocycles. The molecule has 0 unspecified atom stereocenters. The number of hydrogen-bond donors (Lipinski definition) is 2. The van der Waals surface area contributed by atoms with Crippen LogP contribution in [0.15, 0.2) is 0 Å². The summed E-state index contributed by atoms with van der Waals surface area (Å²) in [5, 5.41) is 7.04. The van der Waals surface area contributed by atoms with E-state index in [0.29, 0.717) is 0 Å². The van der Waals surface area contributed by atoms with E-state index in [1.165, 1.54) is 0 Å². The summed E-state index contributed by atoms with van der Waals surface area (Å²) >= 11 is 0. The van der Waals surface area contributed by atoms with Crippen LogP contribution in [-0.2, 0) is 4.74 Å². The summed E-state index contributed by atoms with van der Waals surface area (Å²) in [7, 11) is 0. The molecule has 4 heteroatoms. The van der Waals surface area contributed by atoms with Gasteiger partial charge in [0.05, 0.1) is 13.2 Å². The highest BCUT2D eigenvalue weighted by molar-refractivity contribution is 4.85. The summed E-state index contributed by atoms with van der Waals surface area (Å²) in [6.07, 6.45) is 0. The van der Waals surface area contributed by atoms with Crippen molar-refractivity contribution in [2.45, 2.75) is 45.7 Å². The minimum Gasteiger partial charge on any atom is -0.379 e. The van der Waals surface area contributed by atoms with Gasteiger partial charge in [0.1, 0.15) is 0 Å². The summed E-state index contributed by atoms with van der Waals surface area (Å²) in [5.41, 5.74) is 0.424. The molecule has 1 aliphatic rings. The molecule has 108 valence electrons. The molecule has 0 aromatic carbocycles. The Morgan fingerprint density at radius 1 is 1.00 bits per heavy atom. The predicted octanol–water partition coefficient (Wildman–Crippen LogP) is 1.07. The average Bonchev–Trinajstić information content (AvgIpc) is 2.28. The molecule has 0 atom stereocenters. The quantitative estimate of drug-likeness (QED) is 0.698. The first-order chi connectivity index (χ1) is 8.31. The van der Waals surface area contributed by atoms with Gasteiger partial charge in [-0.15, -0.1) is 0 Å². The van der Waals surface area contributed by atoms with Crippen LogP contribution in [0.3, 0.4) is 0 Å². The highest BCUT2D eigenvalue weighted by Gasteiger charge is 2.27. The first-order valence-corrected chi connectivity index (χ1v) is 7.10. The van der Waals surface area contributed by atoms with E-state index in [0.717, 1.165) is 45.9 Å².